The number of likely N-dealkylation sites (tertiary alicyclic amines) is 1. The van der Waals surface area contributed by atoms with E-state index in [2.05, 4.69) is 5.32 Å². The number of nitrogens with zero attached hydrogens (tertiary/aromatic N) is 1. The number of carbonyl (C=O) groups excluding carboxylic acids is 2. The molecule has 6 nitrogen and oxygen atoms in total. The van der Waals surface area contributed by atoms with Crippen molar-refractivity contribution in [3.05, 3.63) is 23.8 Å². The number of methoxy groups -OCH3 is 2. The molecular weight excluding hydrogens is 320 g/mol. The van der Waals surface area contributed by atoms with Crippen LogP contribution in [0.2, 0.25) is 0 Å². The molecular formula is C19H26N2O4. The highest BCUT2D eigenvalue weighted by Gasteiger charge is 2.44. The minimum absolute atomic E-state index is 0.0196. The average molecular weight is 346 g/mol. The van der Waals surface area contributed by atoms with Crippen molar-refractivity contribution in [2.75, 3.05) is 20.8 Å². The van der Waals surface area contributed by atoms with Gasteiger partial charge in [-0.15, -0.1) is 0 Å². The Balaban J connectivity index is 1.90. The van der Waals surface area contributed by atoms with Crippen molar-refractivity contribution in [3.8, 4) is 11.5 Å². The van der Waals surface area contributed by atoms with E-state index in [0.717, 1.165) is 24.8 Å². The van der Waals surface area contributed by atoms with E-state index in [1.807, 2.05) is 25.1 Å². The number of hydrogen-bond acceptors (Lipinski definition) is 4. The Hall–Kier alpha value is -2.24. The molecule has 136 valence electrons. The third-order valence-corrected chi connectivity index (χ3v) is 5.31. The molecule has 0 radical (unpaired) electrons. The Labute approximate surface area is 148 Å². The van der Waals surface area contributed by atoms with Crippen molar-refractivity contribution in [2.45, 2.75) is 44.7 Å². The van der Waals surface area contributed by atoms with Gasteiger partial charge >= 0.3 is 0 Å². The largest absolute Gasteiger partial charge is 0.493 e. The fraction of sp³-hybridized carbons (Fsp3) is 0.579. The number of carbonyl (C=O) groups is 2. The minimum atomic E-state index is -0.369. The summed E-state index contributed by atoms with van der Waals surface area (Å²) < 4.78 is 10.7. The van der Waals surface area contributed by atoms with E-state index in [9.17, 15) is 9.59 Å². The van der Waals surface area contributed by atoms with Crippen LogP contribution in [0.5, 0.6) is 11.5 Å². The molecule has 6 heteroatoms. The molecule has 1 aromatic rings. The van der Waals surface area contributed by atoms with Crippen LogP contribution in [0.15, 0.2) is 18.2 Å². The molecule has 2 amide bonds. The molecule has 25 heavy (non-hydrogen) atoms. The Bertz CT molecular complexity index is 657. The van der Waals surface area contributed by atoms with Gasteiger partial charge in [-0.3, -0.25) is 9.59 Å². The van der Waals surface area contributed by atoms with Gasteiger partial charge in [0.2, 0.25) is 11.8 Å². The first kappa shape index (κ1) is 17.6. The van der Waals surface area contributed by atoms with Gasteiger partial charge < -0.3 is 19.7 Å². The normalized spacial score (nSPS) is 23.3. The number of ether oxygens (including phenoxy) is 2. The van der Waals surface area contributed by atoms with Crippen LogP contribution >= 0.6 is 0 Å². The van der Waals surface area contributed by atoms with Crippen molar-refractivity contribution in [2.24, 2.45) is 5.92 Å². The topological polar surface area (TPSA) is 67.9 Å². The summed E-state index contributed by atoms with van der Waals surface area (Å²) in [5.74, 6) is 0.874. The quantitative estimate of drug-likeness (QED) is 0.858. The molecule has 1 aliphatic heterocycles. The van der Waals surface area contributed by atoms with Crippen LogP contribution in [-0.2, 0) is 9.59 Å². The summed E-state index contributed by atoms with van der Waals surface area (Å²) in [5.41, 5.74) is 0.902. The highest BCUT2D eigenvalue weighted by molar-refractivity contribution is 5.90. The third kappa shape index (κ3) is 3.30. The molecule has 1 saturated heterocycles. The van der Waals surface area contributed by atoms with Gasteiger partial charge in [-0.25, -0.2) is 0 Å². The summed E-state index contributed by atoms with van der Waals surface area (Å²) in [7, 11) is 3.17. The summed E-state index contributed by atoms with van der Waals surface area (Å²) in [5, 5.41) is 3.10. The highest BCUT2D eigenvalue weighted by atomic mass is 16.5. The van der Waals surface area contributed by atoms with Gasteiger partial charge in [0.25, 0.3) is 0 Å². The molecule has 1 saturated carbocycles. The lowest BCUT2D eigenvalue weighted by atomic mass is 9.89. The molecule has 0 spiro atoms. The summed E-state index contributed by atoms with van der Waals surface area (Å²) in [6, 6.07) is 5.61. The summed E-state index contributed by atoms with van der Waals surface area (Å²) >= 11 is 0. The second-order valence-electron chi connectivity index (χ2n) is 6.69. The maximum Gasteiger partial charge on any atom is 0.226 e. The number of hydrogen-bond donors (Lipinski definition) is 1. The van der Waals surface area contributed by atoms with E-state index < -0.39 is 0 Å². The molecule has 3 rings (SSSR count). The van der Waals surface area contributed by atoms with Crippen molar-refractivity contribution < 1.29 is 19.1 Å². The fourth-order valence-electron chi connectivity index (χ4n) is 3.71. The van der Waals surface area contributed by atoms with Crippen molar-refractivity contribution in [3.63, 3.8) is 0 Å². The zero-order valence-corrected chi connectivity index (χ0v) is 15.1. The molecule has 2 aliphatic rings. The molecule has 0 bridgehead atoms. The molecule has 1 heterocycles. The smallest absolute Gasteiger partial charge is 0.226 e. The number of amides is 2. The van der Waals surface area contributed by atoms with Crippen molar-refractivity contribution in [1.29, 1.82) is 0 Å². The van der Waals surface area contributed by atoms with E-state index in [4.69, 9.17) is 9.47 Å². The van der Waals surface area contributed by atoms with E-state index in [1.54, 1.807) is 19.1 Å². The predicted octanol–water partition coefficient (Wildman–Crippen LogP) is 2.28. The second kappa shape index (κ2) is 7.33. The van der Waals surface area contributed by atoms with E-state index in [1.165, 1.54) is 0 Å². The summed E-state index contributed by atoms with van der Waals surface area (Å²) in [6.07, 6.45) is 3.48. The number of rotatable bonds is 6. The van der Waals surface area contributed by atoms with Gasteiger partial charge in [-0.05, 0) is 43.9 Å². The Morgan fingerprint density at radius 1 is 1.24 bits per heavy atom. The Morgan fingerprint density at radius 2 is 1.96 bits per heavy atom. The lowest BCUT2D eigenvalue weighted by Crippen LogP contribution is -2.44. The molecule has 1 aromatic carbocycles. The Morgan fingerprint density at radius 3 is 2.52 bits per heavy atom. The van der Waals surface area contributed by atoms with Crippen LogP contribution in [0.4, 0.5) is 0 Å². The number of benzene rings is 1. The summed E-state index contributed by atoms with van der Waals surface area (Å²) in [4.78, 5) is 27.0. The molecule has 0 unspecified atom stereocenters. The highest BCUT2D eigenvalue weighted by Crippen LogP contribution is 2.41. The molecule has 0 aromatic heterocycles. The van der Waals surface area contributed by atoms with E-state index in [0.29, 0.717) is 18.0 Å². The summed E-state index contributed by atoms with van der Waals surface area (Å²) in [6.45, 7) is 2.52. The van der Waals surface area contributed by atoms with Crippen molar-refractivity contribution in [1.82, 2.24) is 10.2 Å². The molecule has 1 N–H and O–H groups in total. The number of nitrogens with one attached hydrogen (secondary N) is 1. The van der Waals surface area contributed by atoms with Gasteiger partial charge in [0, 0.05) is 19.0 Å². The monoisotopic (exact) mass is 346 g/mol. The predicted molar refractivity (Wildman–Crippen MR) is 93.6 cm³/mol. The molecule has 2 atom stereocenters. The lowest BCUT2D eigenvalue weighted by Gasteiger charge is -2.31. The van der Waals surface area contributed by atoms with Crippen LogP contribution < -0.4 is 14.8 Å². The lowest BCUT2D eigenvalue weighted by molar-refractivity contribution is -0.129. The van der Waals surface area contributed by atoms with E-state index in [-0.39, 0.29) is 36.2 Å². The van der Waals surface area contributed by atoms with Gasteiger partial charge in [-0.2, -0.15) is 0 Å². The molecule has 2 fully saturated rings. The standard InChI is InChI=1S/C19H26N2O4/c1-4-21-17(22)11-14(19(23)20-13-6-5-7-13)18(21)12-8-9-15(24-2)16(10-12)25-3/h8-10,13-14,18H,4-7,11H2,1-3H3,(H,20,23)/t14-,18+/m1/s1. The zero-order chi connectivity index (χ0) is 18.0. The first-order valence-electron chi connectivity index (χ1n) is 8.90. The minimum Gasteiger partial charge on any atom is -0.493 e. The SMILES string of the molecule is CCN1C(=O)C[C@@H](C(=O)NC2CCC2)[C@@H]1c1ccc(OC)c(OC)c1. The van der Waals surface area contributed by atoms with Gasteiger partial charge in [0.1, 0.15) is 0 Å². The fourth-order valence-corrected chi connectivity index (χ4v) is 3.71. The van der Waals surface area contributed by atoms with Crippen molar-refractivity contribution >= 4 is 11.8 Å². The first-order valence-corrected chi connectivity index (χ1v) is 8.90. The molecule has 1 aliphatic carbocycles. The average Bonchev–Trinajstić information content (AvgIpc) is 2.93. The van der Waals surface area contributed by atoms with Crippen LogP contribution in [0.25, 0.3) is 0 Å². The van der Waals surface area contributed by atoms with Gasteiger partial charge in [0.05, 0.1) is 26.2 Å². The van der Waals surface area contributed by atoms with E-state index >= 15 is 0 Å². The maximum atomic E-state index is 12.8. The first-order chi connectivity index (χ1) is 12.1. The van der Waals surface area contributed by atoms with Crippen LogP contribution in [-0.4, -0.2) is 43.5 Å². The van der Waals surface area contributed by atoms with Crippen LogP contribution in [0.3, 0.4) is 0 Å². The zero-order valence-electron chi connectivity index (χ0n) is 15.1. The maximum absolute atomic E-state index is 12.8. The Kier molecular flexibility index (Phi) is 5.16. The third-order valence-electron chi connectivity index (χ3n) is 5.31. The van der Waals surface area contributed by atoms with Crippen LogP contribution in [0.1, 0.15) is 44.2 Å². The van der Waals surface area contributed by atoms with Gasteiger partial charge in [0.15, 0.2) is 11.5 Å². The van der Waals surface area contributed by atoms with Gasteiger partial charge in [-0.1, -0.05) is 6.07 Å². The second-order valence-corrected chi connectivity index (χ2v) is 6.69. The van der Waals surface area contributed by atoms with Crippen LogP contribution in [0, 0.1) is 5.92 Å².